The number of nitrogen functional groups attached to an aromatic ring is 1. The Morgan fingerprint density at radius 1 is 1.39 bits per heavy atom. The summed E-state index contributed by atoms with van der Waals surface area (Å²) in [5.74, 6) is 0. The van der Waals surface area contributed by atoms with Crippen molar-refractivity contribution in [1.29, 1.82) is 0 Å². The first-order valence-corrected chi connectivity index (χ1v) is 6.88. The molecular weight excluding hydrogens is 222 g/mol. The van der Waals surface area contributed by atoms with Gasteiger partial charge in [0, 0.05) is 24.3 Å². The van der Waals surface area contributed by atoms with E-state index in [4.69, 9.17) is 5.73 Å². The van der Waals surface area contributed by atoms with Crippen LogP contribution in [0.25, 0.3) is 0 Å². The van der Waals surface area contributed by atoms with E-state index in [-0.39, 0.29) is 0 Å². The van der Waals surface area contributed by atoms with E-state index in [0.717, 1.165) is 29.3 Å². The highest BCUT2D eigenvalue weighted by atomic mass is 15.4. The highest BCUT2D eigenvalue weighted by molar-refractivity contribution is 5.58. The highest BCUT2D eigenvalue weighted by Gasteiger charge is 2.33. The number of hydrogen-bond donors (Lipinski definition) is 1. The molecule has 1 atom stereocenters. The first-order valence-electron chi connectivity index (χ1n) is 6.88. The van der Waals surface area contributed by atoms with E-state index in [1.54, 1.807) is 0 Å². The topological polar surface area (TPSA) is 29.3 Å². The molecule has 1 aromatic rings. The van der Waals surface area contributed by atoms with Crippen LogP contribution in [0.4, 0.5) is 11.4 Å². The molecule has 0 aromatic heterocycles. The first-order chi connectivity index (χ1) is 8.44. The molecule has 1 aromatic carbocycles. The summed E-state index contributed by atoms with van der Waals surface area (Å²) in [5.41, 5.74) is 9.27. The van der Waals surface area contributed by atoms with Crippen molar-refractivity contribution in [3.8, 4) is 0 Å². The van der Waals surface area contributed by atoms with Gasteiger partial charge in [-0.25, -0.2) is 0 Å². The average Bonchev–Trinajstić information content (AvgIpc) is 2.83. The molecule has 2 rings (SSSR count). The molecule has 18 heavy (non-hydrogen) atoms. The second-order valence-corrected chi connectivity index (χ2v) is 6.02. The van der Waals surface area contributed by atoms with Crippen molar-refractivity contribution in [2.75, 3.05) is 44.4 Å². The van der Waals surface area contributed by atoms with Gasteiger partial charge in [0.1, 0.15) is 6.04 Å². The Hall–Kier alpha value is -1.22. The first kappa shape index (κ1) is 13.2. The van der Waals surface area contributed by atoms with Crippen LogP contribution in [-0.2, 0) is 0 Å². The Kier molecular flexibility index (Phi) is 3.53. The SMILES string of the molecule is CC[N+](C)(C)C1CCN(c2ccc(N)c(C)c2)C1. The number of rotatable bonds is 3. The van der Waals surface area contributed by atoms with Crippen LogP contribution in [-0.4, -0.2) is 44.3 Å². The third-order valence-electron chi connectivity index (χ3n) is 4.59. The molecule has 1 fully saturated rings. The normalized spacial score (nSPS) is 20.4. The van der Waals surface area contributed by atoms with Crippen LogP contribution in [0.5, 0.6) is 0 Å². The lowest BCUT2D eigenvalue weighted by Crippen LogP contribution is -2.49. The number of benzene rings is 1. The van der Waals surface area contributed by atoms with Gasteiger partial charge in [0.15, 0.2) is 0 Å². The molecular formula is C15H26N3+. The lowest BCUT2D eigenvalue weighted by Gasteiger charge is -2.35. The van der Waals surface area contributed by atoms with Gasteiger partial charge in [-0.15, -0.1) is 0 Å². The molecule has 0 spiro atoms. The maximum Gasteiger partial charge on any atom is 0.108 e. The minimum absolute atomic E-state index is 0.743. The zero-order valence-corrected chi connectivity index (χ0v) is 12.1. The number of nitrogens with zero attached hydrogens (tertiary/aromatic N) is 2. The van der Waals surface area contributed by atoms with Crippen LogP contribution in [0.3, 0.4) is 0 Å². The van der Waals surface area contributed by atoms with E-state index in [2.05, 4.69) is 45.0 Å². The van der Waals surface area contributed by atoms with Crippen molar-refractivity contribution in [1.82, 2.24) is 0 Å². The molecule has 0 amide bonds. The van der Waals surface area contributed by atoms with Crippen LogP contribution >= 0.6 is 0 Å². The molecule has 1 aliphatic heterocycles. The Labute approximate surface area is 111 Å². The van der Waals surface area contributed by atoms with Gasteiger partial charge in [0.2, 0.25) is 0 Å². The van der Waals surface area contributed by atoms with Crippen LogP contribution in [0.15, 0.2) is 18.2 Å². The summed E-state index contributed by atoms with van der Waals surface area (Å²) < 4.78 is 1.12. The standard InChI is InChI=1S/C15H26N3/c1-5-18(3,4)14-8-9-17(11-14)13-6-7-15(16)12(2)10-13/h6-7,10,14H,5,8-9,11,16H2,1-4H3/q+1. The molecule has 1 saturated heterocycles. The smallest absolute Gasteiger partial charge is 0.108 e. The summed E-state index contributed by atoms with van der Waals surface area (Å²) >= 11 is 0. The van der Waals surface area contributed by atoms with Gasteiger partial charge in [0.25, 0.3) is 0 Å². The Balaban J connectivity index is 2.11. The summed E-state index contributed by atoms with van der Waals surface area (Å²) in [6.45, 7) is 7.87. The van der Waals surface area contributed by atoms with E-state index in [9.17, 15) is 0 Å². The molecule has 0 bridgehead atoms. The number of hydrogen-bond acceptors (Lipinski definition) is 2. The molecule has 100 valence electrons. The maximum absolute atomic E-state index is 5.88. The predicted molar refractivity (Wildman–Crippen MR) is 78.9 cm³/mol. The lowest BCUT2D eigenvalue weighted by molar-refractivity contribution is -0.910. The number of anilines is 2. The zero-order valence-electron chi connectivity index (χ0n) is 12.1. The monoisotopic (exact) mass is 248 g/mol. The van der Waals surface area contributed by atoms with Gasteiger partial charge < -0.3 is 15.1 Å². The lowest BCUT2D eigenvalue weighted by atomic mass is 10.1. The minimum Gasteiger partial charge on any atom is -0.399 e. The Bertz CT molecular complexity index is 426. The van der Waals surface area contributed by atoms with E-state index >= 15 is 0 Å². The van der Waals surface area contributed by atoms with Gasteiger partial charge in [-0.3, -0.25) is 0 Å². The molecule has 2 N–H and O–H groups in total. The second-order valence-electron chi connectivity index (χ2n) is 6.02. The quantitative estimate of drug-likeness (QED) is 0.656. The molecule has 3 heteroatoms. The van der Waals surface area contributed by atoms with Crippen molar-refractivity contribution >= 4 is 11.4 Å². The third kappa shape index (κ3) is 2.46. The predicted octanol–water partition coefficient (Wildman–Crippen LogP) is 2.25. The van der Waals surface area contributed by atoms with Crippen LogP contribution in [0.2, 0.25) is 0 Å². The Morgan fingerprint density at radius 2 is 2.11 bits per heavy atom. The highest BCUT2D eigenvalue weighted by Crippen LogP contribution is 2.27. The molecule has 3 nitrogen and oxygen atoms in total. The fraction of sp³-hybridized carbons (Fsp3) is 0.600. The fourth-order valence-electron chi connectivity index (χ4n) is 2.66. The van der Waals surface area contributed by atoms with Gasteiger partial charge in [-0.1, -0.05) is 0 Å². The Morgan fingerprint density at radius 3 is 2.72 bits per heavy atom. The zero-order chi connectivity index (χ0) is 13.3. The minimum atomic E-state index is 0.743. The van der Waals surface area contributed by atoms with Gasteiger partial charge in [0.05, 0.1) is 27.2 Å². The van der Waals surface area contributed by atoms with Crippen LogP contribution in [0, 0.1) is 6.92 Å². The summed E-state index contributed by atoms with van der Waals surface area (Å²) in [6.07, 6.45) is 1.28. The number of aryl methyl sites for hydroxylation is 1. The van der Waals surface area contributed by atoms with Crippen molar-refractivity contribution in [3.05, 3.63) is 23.8 Å². The van der Waals surface area contributed by atoms with E-state index in [1.165, 1.54) is 24.2 Å². The molecule has 0 aliphatic carbocycles. The number of likely N-dealkylation sites (N-methyl/N-ethyl adjacent to an activating group) is 1. The van der Waals surface area contributed by atoms with Crippen LogP contribution in [0.1, 0.15) is 18.9 Å². The largest absolute Gasteiger partial charge is 0.399 e. The average molecular weight is 248 g/mol. The van der Waals surface area contributed by atoms with Gasteiger partial charge in [-0.2, -0.15) is 0 Å². The van der Waals surface area contributed by atoms with Crippen molar-refractivity contribution in [3.63, 3.8) is 0 Å². The summed E-state index contributed by atoms with van der Waals surface area (Å²) in [7, 11) is 4.67. The van der Waals surface area contributed by atoms with Crippen molar-refractivity contribution in [2.24, 2.45) is 0 Å². The van der Waals surface area contributed by atoms with E-state index in [1.807, 2.05) is 6.07 Å². The molecule has 1 aliphatic rings. The van der Waals surface area contributed by atoms with Crippen molar-refractivity contribution in [2.45, 2.75) is 26.3 Å². The number of nitrogens with two attached hydrogens (primary N) is 1. The molecule has 1 heterocycles. The molecule has 0 radical (unpaired) electrons. The van der Waals surface area contributed by atoms with E-state index < -0.39 is 0 Å². The summed E-state index contributed by atoms with van der Waals surface area (Å²) in [4.78, 5) is 2.49. The van der Waals surface area contributed by atoms with Crippen LogP contribution < -0.4 is 10.6 Å². The summed E-state index contributed by atoms with van der Waals surface area (Å²) in [5, 5.41) is 0. The van der Waals surface area contributed by atoms with Gasteiger partial charge in [-0.05, 0) is 37.6 Å². The van der Waals surface area contributed by atoms with Gasteiger partial charge >= 0.3 is 0 Å². The number of quaternary nitrogens is 1. The maximum atomic E-state index is 5.88. The molecule has 0 saturated carbocycles. The van der Waals surface area contributed by atoms with E-state index in [0.29, 0.717) is 0 Å². The molecule has 1 unspecified atom stereocenters. The second kappa shape index (κ2) is 4.81. The third-order valence-corrected chi connectivity index (χ3v) is 4.59. The van der Waals surface area contributed by atoms with Crippen molar-refractivity contribution < 1.29 is 4.48 Å². The fourth-order valence-corrected chi connectivity index (χ4v) is 2.66. The summed E-state index contributed by atoms with van der Waals surface area (Å²) in [6, 6.07) is 7.13.